The molecule has 0 saturated carbocycles. The Morgan fingerprint density at radius 1 is 1.21 bits per heavy atom. The molecule has 0 radical (unpaired) electrons. The third-order valence-electron chi connectivity index (χ3n) is 2.77. The average Bonchev–Trinajstić information content (AvgIpc) is 2.41. The summed E-state index contributed by atoms with van der Waals surface area (Å²) < 4.78 is 0.844. The van der Waals surface area contributed by atoms with Crippen LogP contribution < -0.4 is 5.32 Å². The first-order chi connectivity index (χ1) is 9.01. The van der Waals surface area contributed by atoms with Crippen LogP contribution in [0.25, 0.3) is 11.4 Å². The number of nitrogens with one attached hydrogen (secondary N) is 1. The van der Waals surface area contributed by atoms with Gasteiger partial charge < -0.3 is 5.32 Å². The van der Waals surface area contributed by atoms with Gasteiger partial charge in [-0.05, 0) is 40.0 Å². The van der Waals surface area contributed by atoms with Gasteiger partial charge in [-0.15, -0.1) is 0 Å². The number of nitrogens with zero attached hydrogens (tertiary/aromatic N) is 2. The molecule has 0 fully saturated rings. The fourth-order valence-electron chi connectivity index (χ4n) is 1.65. The van der Waals surface area contributed by atoms with Crippen LogP contribution in [-0.4, -0.2) is 17.0 Å². The minimum atomic E-state index is 0.351. The Labute approximate surface area is 126 Å². The van der Waals surface area contributed by atoms with E-state index in [1.165, 1.54) is 0 Å². The van der Waals surface area contributed by atoms with Crippen LogP contribution in [0.5, 0.6) is 0 Å². The van der Waals surface area contributed by atoms with E-state index in [-0.39, 0.29) is 0 Å². The molecule has 0 bridgehead atoms. The van der Waals surface area contributed by atoms with Crippen molar-refractivity contribution in [1.29, 1.82) is 0 Å². The van der Waals surface area contributed by atoms with Crippen molar-refractivity contribution in [3.05, 3.63) is 39.5 Å². The highest BCUT2D eigenvalue weighted by Crippen LogP contribution is 2.28. The summed E-state index contributed by atoms with van der Waals surface area (Å²) in [6.07, 6.45) is 0. The number of hydrogen-bond donors (Lipinski definition) is 1. The van der Waals surface area contributed by atoms with E-state index in [9.17, 15) is 0 Å². The fraction of sp³-hybridized carbons (Fsp3) is 0.286. The Balaban J connectivity index is 2.54. The molecule has 0 aliphatic heterocycles. The summed E-state index contributed by atoms with van der Waals surface area (Å²) in [5.74, 6) is 1.87. The van der Waals surface area contributed by atoms with Gasteiger partial charge >= 0.3 is 0 Å². The van der Waals surface area contributed by atoms with Crippen molar-refractivity contribution in [3.8, 4) is 11.4 Å². The second kappa shape index (κ2) is 5.88. The van der Waals surface area contributed by atoms with Crippen molar-refractivity contribution in [2.24, 2.45) is 0 Å². The molecule has 0 saturated heterocycles. The van der Waals surface area contributed by atoms with Gasteiger partial charge in [0.1, 0.15) is 5.82 Å². The van der Waals surface area contributed by atoms with Gasteiger partial charge in [0.15, 0.2) is 5.82 Å². The first-order valence-corrected chi connectivity index (χ1v) is 7.20. The van der Waals surface area contributed by atoms with Crippen LogP contribution in [0, 0.1) is 0 Å². The van der Waals surface area contributed by atoms with Crippen LogP contribution in [0.1, 0.15) is 25.5 Å². The maximum atomic E-state index is 6.01. The highest BCUT2D eigenvalue weighted by Gasteiger charge is 2.10. The normalized spacial score (nSPS) is 10.8. The van der Waals surface area contributed by atoms with Crippen molar-refractivity contribution in [2.45, 2.75) is 19.8 Å². The lowest BCUT2D eigenvalue weighted by atomic mass is 10.1. The molecule has 0 atom stereocenters. The number of hydrogen-bond acceptors (Lipinski definition) is 3. The maximum absolute atomic E-state index is 6.01. The van der Waals surface area contributed by atoms with E-state index < -0.39 is 0 Å². The van der Waals surface area contributed by atoms with Gasteiger partial charge in [-0.2, -0.15) is 0 Å². The van der Waals surface area contributed by atoms with E-state index in [1.54, 1.807) is 0 Å². The van der Waals surface area contributed by atoms with Crippen molar-refractivity contribution in [1.82, 2.24) is 9.97 Å². The number of halogens is 2. The third-order valence-corrected chi connectivity index (χ3v) is 3.99. The quantitative estimate of drug-likeness (QED) is 0.878. The van der Waals surface area contributed by atoms with Gasteiger partial charge in [-0.25, -0.2) is 9.97 Å². The fourth-order valence-corrected chi connectivity index (χ4v) is 2.15. The number of rotatable bonds is 3. The monoisotopic (exact) mass is 339 g/mol. The summed E-state index contributed by atoms with van der Waals surface area (Å²) in [5, 5.41) is 3.75. The summed E-state index contributed by atoms with van der Waals surface area (Å²) in [5.41, 5.74) is 1.95. The van der Waals surface area contributed by atoms with Crippen molar-refractivity contribution < 1.29 is 0 Å². The summed E-state index contributed by atoms with van der Waals surface area (Å²) >= 11 is 9.43. The molecule has 1 aromatic carbocycles. The Kier molecular flexibility index (Phi) is 4.42. The Morgan fingerprint density at radius 2 is 1.95 bits per heavy atom. The molecule has 1 heterocycles. The number of anilines is 1. The van der Waals surface area contributed by atoms with Crippen LogP contribution in [0.3, 0.4) is 0 Å². The predicted molar refractivity (Wildman–Crippen MR) is 83.8 cm³/mol. The number of aromatic nitrogens is 2. The second-order valence-electron chi connectivity index (χ2n) is 4.54. The lowest BCUT2D eigenvalue weighted by molar-refractivity contribution is 0.817. The largest absolute Gasteiger partial charge is 0.373 e. The molecule has 3 nitrogen and oxygen atoms in total. The molecule has 5 heteroatoms. The Hall–Kier alpha value is -1.13. The maximum Gasteiger partial charge on any atom is 0.161 e. The zero-order chi connectivity index (χ0) is 14.0. The molecule has 2 rings (SSSR count). The molecule has 100 valence electrons. The summed E-state index contributed by atoms with van der Waals surface area (Å²) in [6.45, 7) is 4.23. The third kappa shape index (κ3) is 3.25. The van der Waals surface area contributed by atoms with E-state index in [0.717, 1.165) is 21.5 Å². The van der Waals surface area contributed by atoms with E-state index in [0.29, 0.717) is 16.8 Å². The highest BCUT2D eigenvalue weighted by atomic mass is 79.9. The Bertz CT molecular complexity index is 599. The summed E-state index contributed by atoms with van der Waals surface area (Å²) in [6, 6.07) is 7.66. The lowest BCUT2D eigenvalue weighted by Crippen LogP contribution is -2.02. The first-order valence-electron chi connectivity index (χ1n) is 6.03. The molecule has 1 aromatic heterocycles. The molecule has 0 amide bonds. The second-order valence-corrected chi connectivity index (χ2v) is 5.80. The van der Waals surface area contributed by atoms with Crippen molar-refractivity contribution >= 4 is 33.3 Å². The minimum Gasteiger partial charge on any atom is -0.373 e. The molecule has 19 heavy (non-hydrogen) atoms. The molecular weight excluding hydrogens is 326 g/mol. The molecule has 0 aliphatic rings. The van der Waals surface area contributed by atoms with E-state index in [2.05, 4.69) is 45.1 Å². The lowest BCUT2D eigenvalue weighted by Gasteiger charge is -2.10. The van der Waals surface area contributed by atoms with Crippen LogP contribution in [0.15, 0.2) is 28.7 Å². The van der Waals surface area contributed by atoms with Crippen molar-refractivity contribution in [3.63, 3.8) is 0 Å². The average molecular weight is 341 g/mol. The summed E-state index contributed by atoms with van der Waals surface area (Å²) in [7, 11) is 1.86. The predicted octanol–water partition coefficient (Wildman–Crippen LogP) is 4.72. The minimum absolute atomic E-state index is 0.351. The summed E-state index contributed by atoms with van der Waals surface area (Å²) in [4.78, 5) is 9.10. The van der Waals surface area contributed by atoms with Gasteiger partial charge in [0.05, 0.1) is 5.02 Å². The molecule has 0 aliphatic carbocycles. The Morgan fingerprint density at radius 3 is 2.53 bits per heavy atom. The molecule has 0 unspecified atom stereocenters. The molecule has 0 spiro atoms. The zero-order valence-corrected chi connectivity index (χ0v) is 13.4. The van der Waals surface area contributed by atoms with E-state index in [4.69, 9.17) is 11.6 Å². The van der Waals surface area contributed by atoms with Gasteiger partial charge in [0.25, 0.3) is 0 Å². The van der Waals surface area contributed by atoms with Gasteiger partial charge in [-0.3, -0.25) is 0 Å². The molecule has 2 aromatic rings. The standard InChI is InChI=1S/C14H15BrClN3/c1-8(2)12-7-13(17-3)19-14(18-12)9-4-5-11(16)10(15)6-9/h4-8H,1-3H3,(H,17,18,19). The van der Waals surface area contributed by atoms with Crippen LogP contribution in [0.2, 0.25) is 5.02 Å². The van der Waals surface area contributed by atoms with Crippen LogP contribution in [0.4, 0.5) is 5.82 Å². The van der Waals surface area contributed by atoms with Gasteiger partial charge in [0.2, 0.25) is 0 Å². The first kappa shape index (κ1) is 14.3. The van der Waals surface area contributed by atoms with Crippen LogP contribution >= 0.6 is 27.5 Å². The smallest absolute Gasteiger partial charge is 0.161 e. The highest BCUT2D eigenvalue weighted by molar-refractivity contribution is 9.10. The molecular formula is C14H15BrClN3. The van der Waals surface area contributed by atoms with Crippen molar-refractivity contribution in [2.75, 3.05) is 12.4 Å². The van der Waals surface area contributed by atoms with E-state index in [1.807, 2.05) is 31.3 Å². The topological polar surface area (TPSA) is 37.8 Å². The zero-order valence-electron chi connectivity index (χ0n) is 11.0. The van der Waals surface area contributed by atoms with Crippen LogP contribution in [-0.2, 0) is 0 Å². The van der Waals surface area contributed by atoms with Gasteiger partial charge in [-0.1, -0.05) is 25.4 Å². The SMILES string of the molecule is CNc1cc(C(C)C)nc(-c2ccc(Cl)c(Br)c2)n1. The van der Waals surface area contributed by atoms with Gasteiger partial charge in [0, 0.05) is 28.8 Å². The number of benzene rings is 1. The van der Waals surface area contributed by atoms with E-state index >= 15 is 0 Å². The molecule has 1 N–H and O–H groups in total.